The Bertz CT molecular complexity index is 562. The summed E-state index contributed by atoms with van der Waals surface area (Å²) in [6.07, 6.45) is 3.26. The lowest BCUT2D eigenvalue weighted by molar-refractivity contribution is 0.0697. The molecule has 84 valence electrons. The number of aromatic nitrogens is 3. The van der Waals surface area contributed by atoms with E-state index in [0.717, 1.165) is 4.47 Å². The van der Waals surface area contributed by atoms with E-state index in [1.54, 1.807) is 12.4 Å². The van der Waals surface area contributed by atoms with Crippen molar-refractivity contribution < 1.29 is 9.90 Å². The van der Waals surface area contributed by atoms with Gasteiger partial charge in [-0.3, -0.25) is 0 Å². The van der Waals surface area contributed by atoms with Crippen molar-refractivity contribution >= 4 is 27.5 Å². The molecule has 0 saturated heterocycles. The van der Waals surface area contributed by atoms with Crippen molar-refractivity contribution in [3.8, 4) is 0 Å². The Hall–Kier alpha value is -1.43. The first-order valence-corrected chi connectivity index (χ1v) is 5.57. The summed E-state index contributed by atoms with van der Waals surface area (Å²) in [6.45, 7) is 3.81. The molecule has 16 heavy (non-hydrogen) atoms. The van der Waals surface area contributed by atoms with Gasteiger partial charge in [0.2, 0.25) is 0 Å². The largest absolute Gasteiger partial charge is 0.477 e. The number of nitrogens with zero attached hydrogens (tertiary/aromatic N) is 3. The lowest BCUT2D eigenvalue weighted by Gasteiger charge is -1.99. The first kappa shape index (κ1) is 11.1. The summed E-state index contributed by atoms with van der Waals surface area (Å²) in [4.78, 5) is 15.3. The van der Waals surface area contributed by atoms with E-state index < -0.39 is 5.97 Å². The maximum atomic E-state index is 11.2. The molecule has 0 fully saturated rings. The van der Waals surface area contributed by atoms with Crippen molar-refractivity contribution in [1.82, 2.24) is 14.6 Å². The summed E-state index contributed by atoms with van der Waals surface area (Å²) in [5, 5.41) is 13.4. The molecule has 1 N–H and O–H groups in total. The quantitative estimate of drug-likeness (QED) is 0.918. The van der Waals surface area contributed by atoms with Crippen molar-refractivity contribution in [3.05, 3.63) is 28.1 Å². The summed E-state index contributed by atoms with van der Waals surface area (Å²) >= 11 is 3.27. The fourth-order valence-electron chi connectivity index (χ4n) is 1.54. The molecule has 0 bridgehead atoms. The highest BCUT2D eigenvalue weighted by molar-refractivity contribution is 9.10. The molecule has 0 unspecified atom stereocenters. The number of hydrogen-bond donors (Lipinski definition) is 1. The highest BCUT2D eigenvalue weighted by atomic mass is 79.9. The molecule has 0 saturated carbocycles. The minimum Gasteiger partial charge on any atom is -0.477 e. The molecule has 2 heterocycles. The number of rotatable bonds is 2. The Balaban J connectivity index is 2.81. The summed E-state index contributed by atoms with van der Waals surface area (Å²) in [5.41, 5.74) is 1.11. The van der Waals surface area contributed by atoms with Gasteiger partial charge in [0.15, 0.2) is 5.65 Å². The van der Waals surface area contributed by atoms with Crippen LogP contribution < -0.4 is 0 Å². The molecule has 0 aliphatic carbocycles. The van der Waals surface area contributed by atoms with Crippen LogP contribution in [0.15, 0.2) is 16.9 Å². The predicted molar refractivity (Wildman–Crippen MR) is 61.7 cm³/mol. The third-order valence-corrected chi connectivity index (χ3v) is 2.64. The van der Waals surface area contributed by atoms with Crippen LogP contribution in [-0.4, -0.2) is 25.7 Å². The van der Waals surface area contributed by atoms with E-state index in [1.165, 1.54) is 4.52 Å². The van der Waals surface area contributed by atoms with Crippen molar-refractivity contribution in [3.63, 3.8) is 0 Å². The van der Waals surface area contributed by atoms with Crippen LogP contribution in [0.2, 0.25) is 0 Å². The van der Waals surface area contributed by atoms with Crippen LogP contribution in [-0.2, 0) is 0 Å². The van der Waals surface area contributed by atoms with E-state index in [0.29, 0.717) is 11.3 Å². The molecular weight excluding hydrogens is 274 g/mol. The first-order valence-electron chi connectivity index (χ1n) is 4.77. The Morgan fingerprint density at radius 2 is 2.25 bits per heavy atom. The Labute approximate surface area is 100 Å². The van der Waals surface area contributed by atoms with Gasteiger partial charge in [-0.15, -0.1) is 0 Å². The first-order chi connectivity index (χ1) is 7.50. The number of aromatic carboxylic acids is 1. The molecule has 0 aliphatic heterocycles. The number of carboxylic acid groups (broad SMARTS) is 1. The van der Waals surface area contributed by atoms with E-state index in [1.807, 2.05) is 13.8 Å². The topological polar surface area (TPSA) is 67.5 Å². The maximum absolute atomic E-state index is 11.2. The molecule has 2 rings (SSSR count). The van der Waals surface area contributed by atoms with Crippen LogP contribution in [0.4, 0.5) is 0 Å². The van der Waals surface area contributed by atoms with Gasteiger partial charge in [0.25, 0.3) is 0 Å². The summed E-state index contributed by atoms with van der Waals surface area (Å²) in [5.74, 6) is -0.944. The second-order valence-corrected chi connectivity index (χ2v) is 4.68. The molecule has 2 aromatic heterocycles. The maximum Gasteiger partial charge on any atom is 0.341 e. The van der Waals surface area contributed by atoms with Crippen LogP contribution in [0.3, 0.4) is 0 Å². The highest BCUT2D eigenvalue weighted by Crippen LogP contribution is 2.22. The van der Waals surface area contributed by atoms with Gasteiger partial charge in [0, 0.05) is 12.4 Å². The van der Waals surface area contributed by atoms with Crippen molar-refractivity contribution in [2.24, 2.45) is 0 Å². The minimum absolute atomic E-state index is 0.0478. The van der Waals surface area contributed by atoms with E-state index in [-0.39, 0.29) is 11.5 Å². The lowest BCUT2D eigenvalue weighted by atomic mass is 10.1. The Morgan fingerprint density at radius 1 is 1.56 bits per heavy atom. The molecule has 0 radical (unpaired) electrons. The van der Waals surface area contributed by atoms with Gasteiger partial charge in [-0.25, -0.2) is 14.3 Å². The predicted octanol–water partition coefficient (Wildman–Crippen LogP) is 2.31. The molecule has 0 aromatic carbocycles. The molecule has 0 atom stereocenters. The number of carbonyl (C=O) groups is 1. The van der Waals surface area contributed by atoms with Gasteiger partial charge in [0.05, 0.1) is 10.2 Å². The standard InChI is InChI=1S/C10H10BrN3O2/c1-5(2)8-7(10(15)16)9-12-3-6(11)4-14(9)13-8/h3-5H,1-2H3,(H,15,16). The molecule has 0 amide bonds. The molecule has 5 nitrogen and oxygen atoms in total. The van der Waals surface area contributed by atoms with Crippen LogP contribution in [0.5, 0.6) is 0 Å². The van der Waals surface area contributed by atoms with Gasteiger partial charge >= 0.3 is 5.97 Å². The van der Waals surface area contributed by atoms with Gasteiger partial charge < -0.3 is 5.11 Å². The van der Waals surface area contributed by atoms with E-state index >= 15 is 0 Å². The zero-order chi connectivity index (χ0) is 11.9. The summed E-state index contributed by atoms with van der Waals surface area (Å²) in [6, 6.07) is 0. The van der Waals surface area contributed by atoms with Crippen molar-refractivity contribution in [2.75, 3.05) is 0 Å². The Kier molecular flexibility index (Phi) is 2.67. The van der Waals surface area contributed by atoms with Crippen LogP contribution in [0, 0.1) is 0 Å². The lowest BCUT2D eigenvalue weighted by Crippen LogP contribution is -2.02. The van der Waals surface area contributed by atoms with Crippen LogP contribution in [0.1, 0.15) is 35.8 Å². The number of halogens is 1. The molecule has 0 aliphatic rings. The fraction of sp³-hybridized carbons (Fsp3) is 0.300. The second-order valence-electron chi connectivity index (χ2n) is 3.76. The van der Waals surface area contributed by atoms with Gasteiger partial charge in [0.1, 0.15) is 5.56 Å². The number of hydrogen-bond acceptors (Lipinski definition) is 3. The van der Waals surface area contributed by atoms with Gasteiger partial charge in [-0.1, -0.05) is 13.8 Å². The third kappa shape index (κ3) is 1.69. The van der Waals surface area contributed by atoms with Gasteiger partial charge in [-0.2, -0.15) is 5.10 Å². The third-order valence-electron chi connectivity index (χ3n) is 2.23. The van der Waals surface area contributed by atoms with Crippen LogP contribution in [0.25, 0.3) is 5.65 Å². The molecule has 0 spiro atoms. The monoisotopic (exact) mass is 283 g/mol. The van der Waals surface area contributed by atoms with Crippen LogP contribution >= 0.6 is 15.9 Å². The molecule has 2 aromatic rings. The van der Waals surface area contributed by atoms with Crippen molar-refractivity contribution in [2.45, 2.75) is 19.8 Å². The normalized spacial score (nSPS) is 11.2. The molecular formula is C10H10BrN3O2. The average molecular weight is 284 g/mol. The zero-order valence-electron chi connectivity index (χ0n) is 8.81. The number of carboxylic acids is 1. The van der Waals surface area contributed by atoms with Crippen molar-refractivity contribution in [1.29, 1.82) is 0 Å². The second kappa shape index (κ2) is 3.86. The summed E-state index contributed by atoms with van der Waals surface area (Å²) in [7, 11) is 0. The SMILES string of the molecule is CC(C)c1nn2cc(Br)cnc2c1C(=O)O. The number of fused-ring (bicyclic) bond motifs is 1. The van der Waals surface area contributed by atoms with E-state index in [4.69, 9.17) is 5.11 Å². The minimum atomic E-state index is -0.992. The smallest absolute Gasteiger partial charge is 0.341 e. The zero-order valence-corrected chi connectivity index (χ0v) is 10.4. The molecule has 6 heteroatoms. The van der Waals surface area contributed by atoms with Gasteiger partial charge in [-0.05, 0) is 21.8 Å². The Morgan fingerprint density at radius 3 is 2.81 bits per heavy atom. The van der Waals surface area contributed by atoms with E-state index in [9.17, 15) is 4.79 Å². The highest BCUT2D eigenvalue weighted by Gasteiger charge is 2.22. The fourth-order valence-corrected chi connectivity index (χ4v) is 1.83. The average Bonchev–Trinajstić information content (AvgIpc) is 2.55. The van der Waals surface area contributed by atoms with E-state index in [2.05, 4.69) is 26.0 Å². The summed E-state index contributed by atoms with van der Waals surface area (Å²) < 4.78 is 2.25.